The molecule has 0 amide bonds. The van der Waals surface area contributed by atoms with E-state index in [1.807, 2.05) is 19.1 Å². The van der Waals surface area contributed by atoms with Gasteiger partial charge in [-0.05, 0) is 25.1 Å². The van der Waals surface area contributed by atoms with Gasteiger partial charge < -0.3 is 9.73 Å². The highest BCUT2D eigenvalue weighted by molar-refractivity contribution is 6.33. The summed E-state index contributed by atoms with van der Waals surface area (Å²) in [6, 6.07) is 5.62. The summed E-state index contributed by atoms with van der Waals surface area (Å²) in [6.07, 6.45) is 3.35. The van der Waals surface area contributed by atoms with Gasteiger partial charge in [-0.15, -0.1) is 0 Å². The van der Waals surface area contributed by atoms with Crippen molar-refractivity contribution in [2.45, 2.75) is 13.5 Å². The van der Waals surface area contributed by atoms with Gasteiger partial charge in [0.05, 0.1) is 23.5 Å². The molecule has 0 radical (unpaired) electrons. The topological polar surface area (TPSA) is 38.1 Å². The number of pyridine rings is 1. The van der Waals surface area contributed by atoms with Crippen LogP contribution in [0.4, 0.5) is 5.69 Å². The highest BCUT2D eigenvalue weighted by atomic mass is 35.5. The Morgan fingerprint density at radius 3 is 2.93 bits per heavy atom. The van der Waals surface area contributed by atoms with E-state index in [0.29, 0.717) is 11.6 Å². The lowest BCUT2D eigenvalue weighted by molar-refractivity contribution is 0.490. The molecule has 2 aromatic heterocycles. The largest absolute Gasteiger partial charge is 0.465 e. The predicted octanol–water partition coefficient (Wildman–Crippen LogP) is 3.25. The number of hydrogen-bond donors (Lipinski definition) is 1. The maximum atomic E-state index is 5.96. The first-order valence-corrected chi connectivity index (χ1v) is 5.02. The van der Waals surface area contributed by atoms with Crippen molar-refractivity contribution < 1.29 is 4.42 Å². The molecule has 0 aliphatic heterocycles. The van der Waals surface area contributed by atoms with Gasteiger partial charge in [0.15, 0.2) is 0 Å². The highest BCUT2D eigenvalue weighted by Crippen LogP contribution is 2.20. The summed E-state index contributed by atoms with van der Waals surface area (Å²) in [5.74, 6) is 1.79. The lowest BCUT2D eigenvalue weighted by Gasteiger charge is -2.05. The summed E-state index contributed by atoms with van der Waals surface area (Å²) in [7, 11) is 0. The zero-order valence-electron chi connectivity index (χ0n) is 8.33. The molecule has 0 saturated heterocycles. The van der Waals surface area contributed by atoms with Crippen LogP contribution in [0.2, 0.25) is 5.02 Å². The van der Waals surface area contributed by atoms with Crippen molar-refractivity contribution in [2.75, 3.05) is 5.32 Å². The normalized spacial score (nSPS) is 10.3. The fourth-order valence-electron chi connectivity index (χ4n) is 1.27. The van der Waals surface area contributed by atoms with Gasteiger partial charge in [-0.1, -0.05) is 11.6 Å². The van der Waals surface area contributed by atoms with Gasteiger partial charge in [-0.2, -0.15) is 0 Å². The third-order valence-electron chi connectivity index (χ3n) is 2.02. The van der Waals surface area contributed by atoms with Gasteiger partial charge in [0.1, 0.15) is 11.5 Å². The molecule has 0 spiro atoms. The van der Waals surface area contributed by atoms with Crippen LogP contribution in [0.3, 0.4) is 0 Å². The Morgan fingerprint density at radius 2 is 2.27 bits per heavy atom. The second kappa shape index (κ2) is 4.36. The second-order valence-electron chi connectivity index (χ2n) is 3.22. The molecule has 0 bridgehead atoms. The number of aromatic nitrogens is 1. The summed E-state index contributed by atoms with van der Waals surface area (Å²) in [6.45, 7) is 2.53. The number of nitrogens with one attached hydrogen (secondary N) is 1. The van der Waals surface area contributed by atoms with Gasteiger partial charge in [-0.3, -0.25) is 4.98 Å². The first kappa shape index (κ1) is 10.1. The molecule has 2 rings (SSSR count). The van der Waals surface area contributed by atoms with Crippen molar-refractivity contribution in [1.82, 2.24) is 4.98 Å². The Labute approximate surface area is 93.1 Å². The number of anilines is 1. The van der Waals surface area contributed by atoms with E-state index in [4.69, 9.17) is 16.0 Å². The van der Waals surface area contributed by atoms with Crippen molar-refractivity contribution in [3.05, 3.63) is 47.1 Å². The lowest BCUT2D eigenvalue weighted by atomic mass is 10.4. The van der Waals surface area contributed by atoms with Gasteiger partial charge in [0.25, 0.3) is 0 Å². The zero-order valence-corrected chi connectivity index (χ0v) is 9.08. The van der Waals surface area contributed by atoms with Crippen LogP contribution in [0.15, 0.2) is 35.0 Å². The summed E-state index contributed by atoms with van der Waals surface area (Å²) >= 11 is 5.96. The fourth-order valence-corrected chi connectivity index (χ4v) is 1.44. The minimum Gasteiger partial charge on any atom is -0.465 e. The molecule has 0 atom stereocenters. The molecular weight excluding hydrogens is 212 g/mol. The Morgan fingerprint density at radius 1 is 1.40 bits per heavy atom. The molecule has 78 valence electrons. The highest BCUT2D eigenvalue weighted by Gasteiger charge is 2.01. The number of rotatable bonds is 3. The van der Waals surface area contributed by atoms with E-state index in [-0.39, 0.29) is 0 Å². The molecule has 0 unspecified atom stereocenters. The molecule has 0 saturated carbocycles. The van der Waals surface area contributed by atoms with Gasteiger partial charge in [-0.25, -0.2) is 0 Å². The minimum atomic E-state index is 0.610. The average Bonchev–Trinajstić information content (AvgIpc) is 2.63. The molecule has 0 aliphatic rings. The first-order valence-electron chi connectivity index (χ1n) is 4.64. The monoisotopic (exact) mass is 222 g/mol. The number of aryl methyl sites for hydroxylation is 1. The molecule has 4 heteroatoms. The number of hydrogen-bond acceptors (Lipinski definition) is 3. The Balaban J connectivity index is 2.02. The third-order valence-corrected chi connectivity index (χ3v) is 2.35. The standard InChI is InChI=1S/C11H11ClN2O/c1-8-2-3-9(15-8)6-14-11-7-13-5-4-10(11)12/h2-5,7,14H,6H2,1H3. The predicted molar refractivity (Wildman–Crippen MR) is 60.0 cm³/mol. The van der Waals surface area contributed by atoms with Crippen LogP contribution in [0.25, 0.3) is 0 Å². The number of furan rings is 1. The lowest BCUT2D eigenvalue weighted by Crippen LogP contribution is -1.98. The van der Waals surface area contributed by atoms with Gasteiger partial charge >= 0.3 is 0 Å². The van der Waals surface area contributed by atoms with Crippen molar-refractivity contribution >= 4 is 17.3 Å². The summed E-state index contributed by atoms with van der Waals surface area (Å²) in [5, 5.41) is 3.81. The van der Waals surface area contributed by atoms with Crippen LogP contribution < -0.4 is 5.32 Å². The average molecular weight is 223 g/mol. The first-order chi connectivity index (χ1) is 7.25. The fraction of sp³-hybridized carbons (Fsp3) is 0.182. The van der Waals surface area contributed by atoms with Crippen LogP contribution in [0.1, 0.15) is 11.5 Å². The molecule has 15 heavy (non-hydrogen) atoms. The van der Waals surface area contributed by atoms with Crippen LogP contribution in [-0.2, 0) is 6.54 Å². The summed E-state index contributed by atoms with van der Waals surface area (Å²) in [4.78, 5) is 3.99. The molecule has 0 aliphatic carbocycles. The van der Waals surface area contributed by atoms with E-state index >= 15 is 0 Å². The molecule has 0 fully saturated rings. The van der Waals surface area contributed by atoms with Crippen molar-refractivity contribution in [1.29, 1.82) is 0 Å². The minimum absolute atomic E-state index is 0.610. The van der Waals surface area contributed by atoms with Crippen LogP contribution >= 0.6 is 11.6 Å². The van der Waals surface area contributed by atoms with Crippen molar-refractivity contribution in [2.24, 2.45) is 0 Å². The third kappa shape index (κ3) is 2.50. The second-order valence-corrected chi connectivity index (χ2v) is 3.63. The maximum Gasteiger partial charge on any atom is 0.123 e. The number of nitrogens with zero attached hydrogens (tertiary/aromatic N) is 1. The van der Waals surface area contributed by atoms with Crippen LogP contribution in [-0.4, -0.2) is 4.98 Å². The summed E-state index contributed by atoms with van der Waals surface area (Å²) < 4.78 is 5.42. The van der Waals surface area contributed by atoms with E-state index in [1.54, 1.807) is 18.5 Å². The van der Waals surface area contributed by atoms with Crippen molar-refractivity contribution in [3.63, 3.8) is 0 Å². The number of halogens is 1. The molecule has 2 aromatic rings. The van der Waals surface area contributed by atoms with Gasteiger partial charge in [0.2, 0.25) is 0 Å². The zero-order chi connectivity index (χ0) is 10.7. The van der Waals surface area contributed by atoms with Crippen molar-refractivity contribution in [3.8, 4) is 0 Å². The smallest absolute Gasteiger partial charge is 0.123 e. The van der Waals surface area contributed by atoms with E-state index in [0.717, 1.165) is 17.2 Å². The molecular formula is C11H11ClN2O. The maximum absolute atomic E-state index is 5.96. The summed E-state index contributed by atoms with van der Waals surface area (Å²) in [5.41, 5.74) is 0.813. The molecule has 1 N–H and O–H groups in total. The molecule has 0 aromatic carbocycles. The van der Waals surface area contributed by atoms with Gasteiger partial charge in [0, 0.05) is 6.20 Å². The van der Waals surface area contributed by atoms with E-state index in [1.165, 1.54) is 0 Å². The van der Waals surface area contributed by atoms with E-state index in [2.05, 4.69) is 10.3 Å². The molecule has 2 heterocycles. The Bertz CT molecular complexity index is 453. The Hall–Kier alpha value is -1.48. The van der Waals surface area contributed by atoms with Crippen LogP contribution in [0, 0.1) is 6.92 Å². The quantitative estimate of drug-likeness (QED) is 0.867. The SMILES string of the molecule is Cc1ccc(CNc2cnccc2Cl)o1. The Kier molecular flexibility index (Phi) is 2.92. The van der Waals surface area contributed by atoms with E-state index in [9.17, 15) is 0 Å². The van der Waals surface area contributed by atoms with E-state index < -0.39 is 0 Å². The van der Waals surface area contributed by atoms with Crippen LogP contribution in [0.5, 0.6) is 0 Å². The molecule has 3 nitrogen and oxygen atoms in total.